The van der Waals surface area contributed by atoms with E-state index < -0.39 is 9.84 Å². The van der Waals surface area contributed by atoms with Gasteiger partial charge in [0.2, 0.25) is 5.91 Å². The zero-order valence-electron chi connectivity index (χ0n) is 14.0. The third kappa shape index (κ3) is 4.25. The molecule has 1 atom stereocenters. The Morgan fingerprint density at radius 1 is 1.21 bits per heavy atom. The molecule has 1 amide bonds. The maximum atomic E-state index is 12.4. The van der Waals surface area contributed by atoms with Crippen LogP contribution in [0.25, 0.3) is 0 Å². The molecule has 2 aliphatic heterocycles. The summed E-state index contributed by atoms with van der Waals surface area (Å²) < 4.78 is 22.9. The number of nitrogens with zero attached hydrogens (tertiary/aromatic N) is 2. The average molecular weight is 369 g/mol. The van der Waals surface area contributed by atoms with Crippen LogP contribution in [0.3, 0.4) is 0 Å². The van der Waals surface area contributed by atoms with Gasteiger partial charge < -0.3 is 9.80 Å². The number of rotatable bonds is 4. The number of aryl methyl sites for hydroxylation is 1. The molecule has 1 aromatic carbocycles. The van der Waals surface area contributed by atoms with E-state index in [0.29, 0.717) is 12.2 Å². The Kier molecular flexibility index (Phi) is 5.39. The molecule has 3 rings (SSSR count). The van der Waals surface area contributed by atoms with Crippen molar-refractivity contribution in [2.75, 3.05) is 48.3 Å². The van der Waals surface area contributed by atoms with E-state index in [4.69, 9.17) is 0 Å². The smallest absolute Gasteiger partial charge is 0.232 e. The number of carbonyl (C=O) groups is 1. The van der Waals surface area contributed by atoms with Crippen molar-refractivity contribution in [3.63, 3.8) is 0 Å². The van der Waals surface area contributed by atoms with E-state index in [0.717, 1.165) is 26.2 Å². The first-order valence-corrected chi connectivity index (χ1v) is 11.2. The van der Waals surface area contributed by atoms with Gasteiger partial charge in [0.15, 0.2) is 9.84 Å². The topological polar surface area (TPSA) is 57.7 Å². The molecule has 0 radical (unpaired) electrons. The van der Waals surface area contributed by atoms with Gasteiger partial charge in [-0.15, -0.1) is 11.8 Å². The SMILES string of the molecule is Cc1ccccc1N1CCN(C(=O)CS[C@@H]2CCS(=O)(=O)C2)CC1. The van der Waals surface area contributed by atoms with Crippen molar-refractivity contribution in [3.05, 3.63) is 29.8 Å². The maximum absolute atomic E-state index is 12.4. The lowest BCUT2D eigenvalue weighted by atomic mass is 10.1. The van der Waals surface area contributed by atoms with E-state index in [1.165, 1.54) is 23.0 Å². The van der Waals surface area contributed by atoms with E-state index >= 15 is 0 Å². The van der Waals surface area contributed by atoms with Crippen molar-refractivity contribution in [1.82, 2.24) is 4.90 Å². The Morgan fingerprint density at radius 2 is 1.92 bits per heavy atom. The summed E-state index contributed by atoms with van der Waals surface area (Å²) in [5.74, 6) is 1.03. The Morgan fingerprint density at radius 3 is 2.54 bits per heavy atom. The number of sulfone groups is 1. The molecule has 0 N–H and O–H groups in total. The molecule has 1 aromatic rings. The number of hydrogen-bond acceptors (Lipinski definition) is 5. The van der Waals surface area contributed by atoms with E-state index in [9.17, 15) is 13.2 Å². The minimum atomic E-state index is -2.86. The molecule has 2 aliphatic rings. The monoisotopic (exact) mass is 368 g/mol. The summed E-state index contributed by atoms with van der Waals surface area (Å²) in [7, 11) is -2.86. The fraction of sp³-hybridized carbons (Fsp3) is 0.588. The molecular formula is C17H24N2O3S2. The van der Waals surface area contributed by atoms with Gasteiger partial charge in [0.1, 0.15) is 0 Å². The van der Waals surface area contributed by atoms with E-state index in [1.54, 1.807) is 0 Å². The molecule has 5 nitrogen and oxygen atoms in total. The molecule has 7 heteroatoms. The first-order valence-electron chi connectivity index (χ1n) is 8.35. The normalized spacial score (nSPS) is 23.5. The molecule has 0 spiro atoms. The van der Waals surface area contributed by atoms with Crippen LogP contribution in [0.1, 0.15) is 12.0 Å². The van der Waals surface area contributed by atoms with Crippen molar-refractivity contribution in [2.24, 2.45) is 0 Å². The van der Waals surface area contributed by atoms with Crippen LogP contribution in [0.15, 0.2) is 24.3 Å². The number of hydrogen-bond donors (Lipinski definition) is 0. The van der Waals surface area contributed by atoms with Gasteiger partial charge in [-0.3, -0.25) is 4.79 Å². The van der Waals surface area contributed by atoms with Gasteiger partial charge in [-0.2, -0.15) is 0 Å². The maximum Gasteiger partial charge on any atom is 0.232 e. The molecule has 0 unspecified atom stereocenters. The lowest BCUT2D eigenvalue weighted by Crippen LogP contribution is -2.49. The summed E-state index contributed by atoms with van der Waals surface area (Å²) >= 11 is 1.50. The van der Waals surface area contributed by atoms with Gasteiger partial charge in [-0.1, -0.05) is 18.2 Å². The summed E-state index contributed by atoms with van der Waals surface area (Å²) in [6.45, 7) is 5.27. The quantitative estimate of drug-likeness (QED) is 0.807. The minimum absolute atomic E-state index is 0.0900. The molecule has 0 aliphatic carbocycles. The third-order valence-corrected chi connectivity index (χ3v) is 7.99. The van der Waals surface area contributed by atoms with E-state index in [-0.39, 0.29) is 22.7 Å². The van der Waals surface area contributed by atoms with Gasteiger partial charge in [-0.05, 0) is 25.0 Å². The largest absolute Gasteiger partial charge is 0.368 e. The number of amides is 1. The average Bonchev–Trinajstić information content (AvgIpc) is 2.92. The van der Waals surface area contributed by atoms with Crippen LogP contribution >= 0.6 is 11.8 Å². The van der Waals surface area contributed by atoms with Gasteiger partial charge >= 0.3 is 0 Å². The van der Waals surface area contributed by atoms with Gasteiger partial charge in [0.05, 0.1) is 17.3 Å². The predicted octanol–water partition coefficient (Wildman–Crippen LogP) is 1.56. The molecule has 0 bridgehead atoms. The third-order valence-electron chi connectivity index (χ3n) is 4.72. The lowest BCUT2D eigenvalue weighted by molar-refractivity contribution is -0.128. The van der Waals surface area contributed by atoms with Gasteiger partial charge in [-0.25, -0.2) is 8.42 Å². The molecule has 0 saturated carbocycles. The molecule has 24 heavy (non-hydrogen) atoms. The fourth-order valence-electron chi connectivity index (χ4n) is 3.29. The highest BCUT2D eigenvalue weighted by Crippen LogP contribution is 2.25. The minimum Gasteiger partial charge on any atom is -0.368 e. The molecule has 2 saturated heterocycles. The number of anilines is 1. The summed E-state index contributed by atoms with van der Waals surface area (Å²) in [4.78, 5) is 16.6. The zero-order chi connectivity index (χ0) is 17.2. The van der Waals surface area contributed by atoms with Crippen molar-refractivity contribution < 1.29 is 13.2 Å². The van der Waals surface area contributed by atoms with Crippen LogP contribution in [0.5, 0.6) is 0 Å². The molecule has 2 fully saturated rings. The lowest BCUT2D eigenvalue weighted by Gasteiger charge is -2.37. The van der Waals surface area contributed by atoms with Crippen molar-refractivity contribution in [1.29, 1.82) is 0 Å². The second-order valence-electron chi connectivity index (χ2n) is 6.49. The summed E-state index contributed by atoms with van der Waals surface area (Å²) in [6.07, 6.45) is 0.682. The van der Waals surface area contributed by atoms with Crippen LogP contribution in [-0.4, -0.2) is 67.9 Å². The first kappa shape index (κ1) is 17.6. The number of benzene rings is 1. The van der Waals surface area contributed by atoms with Gasteiger partial charge in [0.25, 0.3) is 0 Å². The van der Waals surface area contributed by atoms with Crippen LogP contribution in [0.4, 0.5) is 5.69 Å². The fourth-order valence-corrected chi connectivity index (χ4v) is 6.83. The molecule has 132 valence electrons. The molecule has 2 heterocycles. The first-order chi connectivity index (χ1) is 11.4. The van der Waals surface area contributed by atoms with Crippen molar-refractivity contribution in [3.8, 4) is 0 Å². The second kappa shape index (κ2) is 7.35. The highest BCUT2D eigenvalue weighted by Gasteiger charge is 2.29. The van der Waals surface area contributed by atoms with Crippen LogP contribution in [-0.2, 0) is 14.6 Å². The summed E-state index contributed by atoms with van der Waals surface area (Å²) in [5.41, 5.74) is 2.51. The number of para-hydroxylation sites is 1. The van der Waals surface area contributed by atoms with Gasteiger partial charge in [0, 0.05) is 37.1 Å². The number of thioether (sulfide) groups is 1. The standard InChI is InChI=1S/C17H24N2O3S2/c1-14-4-2-3-5-16(14)18-7-9-19(10-8-18)17(20)12-23-15-6-11-24(21,22)13-15/h2-5,15H,6-13H2,1H3/t15-/m1/s1. The van der Waals surface area contributed by atoms with Crippen molar-refractivity contribution >= 4 is 33.2 Å². The van der Waals surface area contributed by atoms with E-state index in [1.807, 2.05) is 17.0 Å². The highest BCUT2D eigenvalue weighted by atomic mass is 32.2. The second-order valence-corrected chi connectivity index (χ2v) is 10.0. The Labute approximate surface area is 148 Å². The molecule has 0 aromatic heterocycles. The van der Waals surface area contributed by atoms with Crippen LogP contribution < -0.4 is 4.90 Å². The Bertz CT molecular complexity index is 698. The number of carbonyl (C=O) groups excluding carboxylic acids is 1. The van der Waals surface area contributed by atoms with E-state index in [2.05, 4.69) is 24.0 Å². The zero-order valence-corrected chi connectivity index (χ0v) is 15.6. The summed E-state index contributed by atoms with van der Waals surface area (Å²) in [5, 5.41) is 0.0900. The Balaban J connectivity index is 1.46. The number of piperazine rings is 1. The Hall–Kier alpha value is -1.21. The highest BCUT2D eigenvalue weighted by molar-refractivity contribution is 8.02. The van der Waals surface area contributed by atoms with Crippen molar-refractivity contribution in [2.45, 2.75) is 18.6 Å². The predicted molar refractivity (Wildman–Crippen MR) is 99.5 cm³/mol. The summed E-state index contributed by atoms with van der Waals surface area (Å²) in [6, 6.07) is 8.33. The molecular weight excluding hydrogens is 344 g/mol. The van der Waals surface area contributed by atoms with Crippen LogP contribution in [0.2, 0.25) is 0 Å². The van der Waals surface area contributed by atoms with Crippen LogP contribution in [0, 0.1) is 6.92 Å².